The molecule has 1 aliphatic heterocycles. The van der Waals surface area contributed by atoms with Crippen molar-refractivity contribution in [3.63, 3.8) is 0 Å². The van der Waals surface area contributed by atoms with Gasteiger partial charge in [-0.3, -0.25) is 4.79 Å². The average Bonchev–Trinajstić information content (AvgIpc) is 2.46. The molecular weight excluding hydrogens is 264 g/mol. The Labute approximate surface area is 126 Å². The topological polar surface area (TPSA) is 49.3 Å². The zero-order valence-electron chi connectivity index (χ0n) is 13.2. The monoisotopic (exact) mass is 288 g/mol. The van der Waals surface area contributed by atoms with Gasteiger partial charge in [0, 0.05) is 32.6 Å². The van der Waals surface area contributed by atoms with E-state index in [4.69, 9.17) is 4.98 Å². The highest BCUT2D eigenvalue weighted by atomic mass is 16.1. The Hall–Kier alpha value is -1.49. The Balaban J connectivity index is 1.86. The summed E-state index contributed by atoms with van der Waals surface area (Å²) in [4.78, 5) is 26.2. The molecule has 0 radical (unpaired) electrons. The van der Waals surface area contributed by atoms with Crippen LogP contribution in [0.4, 0.5) is 5.95 Å². The Bertz CT molecular complexity index is 549. The Morgan fingerprint density at radius 3 is 2.52 bits per heavy atom. The molecule has 0 spiro atoms. The van der Waals surface area contributed by atoms with Crippen molar-refractivity contribution in [2.75, 3.05) is 37.6 Å². The van der Waals surface area contributed by atoms with Crippen molar-refractivity contribution in [3.8, 4) is 0 Å². The molecule has 5 heteroatoms. The predicted molar refractivity (Wildman–Crippen MR) is 82.9 cm³/mol. The maximum absolute atomic E-state index is 12.2. The number of likely N-dealkylation sites (N-methyl/N-ethyl adjacent to an activating group) is 1. The van der Waals surface area contributed by atoms with Gasteiger partial charge in [0.2, 0.25) is 5.95 Å². The van der Waals surface area contributed by atoms with E-state index in [0.29, 0.717) is 12.3 Å². The molecule has 2 aliphatic rings. The molecule has 2 heterocycles. The number of hydrogen-bond acceptors (Lipinski definition) is 5. The number of hydrogen-bond donors (Lipinski definition) is 0. The number of ketones is 1. The quantitative estimate of drug-likeness (QED) is 0.829. The summed E-state index contributed by atoms with van der Waals surface area (Å²) < 4.78 is 0. The second-order valence-corrected chi connectivity index (χ2v) is 6.29. The Kier molecular flexibility index (Phi) is 3.93. The van der Waals surface area contributed by atoms with Gasteiger partial charge in [-0.2, -0.15) is 0 Å². The lowest BCUT2D eigenvalue weighted by Gasteiger charge is -2.34. The fraction of sp³-hybridized carbons (Fsp3) is 0.688. The highest BCUT2D eigenvalue weighted by Gasteiger charge is 2.28. The number of aryl methyl sites for hydroxylation is 1. The van der Waals surface area contributed by atoms with Gasteiger partial charge in [0.25, 0.3) is 0 Å². The maximum atomic E-state index is 12.2. The van der Waals surface area contributed by atoms with E-state index in [-0.39, 0.29) is 5.78 Å². The Morgan fingerprint density at radius 2 is 1.86 bits per heavy atom. The van der Waals surface area contributed by atoms with E-state index in [9.17, 15) is 4.79 Å². The molecule has 1 fully saturated rings. The van der Waals surface area contributed by atoms with Crippen molar-refractivity contribution in [2.24, 2.45) is 5.92 Å². The Morgan fingerprint density at radius 1 is 1.14 bits per heavy atom. The van der Waals surface area contributed by atoms with Crippen molar-refractivity contribution in [3.05, 3.63) is 17.0 Å². The number of aromatic nitrogens is 2. The SMILES string of the molecule is CCN1CCN(c2nc(C)c3c(n2)C[C@@H](C)CC3=O)CC1. The van der Waals surface area contributed by atoms with Crippen LogP contribution in [0, 0.1) is 12.8 Å². The first-order chi connectivity index (χ1) is 10.1. The van der Waals surface area contributed by atoms with Crippen LogP contribution >= 0.6 is 0 Å². The van der Waals surface area contributed by atoms with Gasteiger partial charge in [0.05, 0.1) is 17.0 Å². The van der Waals surface area contributed by atoms with Gasteiger partial charge in [-0.05, 0) is 25.8 Å². The summed E-state index contributed by atoms with van der Waals surface area (Å²) in [5.41, 5.74) is 2.59. The average molecular weight is 288 g/mol. The molecular formula is C16H24N4O. The molecule has 0 saturated carbocycles. The largest absolute Gasteiger partial charge is 0.338 e. The van der Waals surface area contributed by atoms with Crippen molar-refractivity contribution in [2.45, 2.75) is 33.6 Å². The molecule has 0 unspecified atom stereocenters. The van der Waals surface area contributed by atoms with Crippen LogP contribution in [0.3, 0.4) is 0 Å². The van der Waals surface area contributed by atoms with E-state index >= 15 is 0 Å². The van der Waals surface area contributed by atoms with Crippen LogP contribution in [0.5, 0.6) is 0 Å². The van der Waals surface area contributed by atoms with Crippen LogP contribution in [0.15, 0.2) is 0 Å². The summed E-state index contributed by atoms with van der Waals surface area (Å²) >= 11 is 0. The molecule has 1 aliphatic carbocycles. The lowest BCUT2D eigenvalue weighted by atomic mass is 9.86. The smallest absolute Gasteiger partial charge is 0.225 e. The molecule has 1 saturated heterocycles. The summed E-state index contributed by atoms with van der Waals surface area (Å²) in [5.74, 6) is 1.41. The summed E-state index contributed by atoms with van der Waals surface area (Å²) in [6, 6.07) is 0. The lowest BCUT2D eigenvalue weighted by molar-refractivity contribution is 0.0951. The van der Waals surface area contributed by atoms with E-state index in [2.05, 4.69) is 28.6 Å². The molecule has 0 N–H and O–H groups in total. The van der Waals surface area contributed by atoms with Gasteiger partial charge in [0.1, 0.15) is 0 Å². The second-order valence-electron chi connectivity index (χ2n) is 6.29. The minimum Gasteiger partial charge on any atom is -0.338 e. The van der Waals surface area contributed by atoms with Crippen LogP contribution in [0.1, 0.15) is 42.0 Å². The van der Waals surface area contributed by atoms with Gasteiger partial charge in [-0.25, -0.2) is 9.97 Å². The van der Waals surface area contributed by atoms with E-state index in [1.54, 1.807) is 0 Å². The van der Waals surface area contributed by atoms with E-state index < -0.39 is 0 Å². The number of carbonyl (C=O) groups is 1. The van der Waals surface area contributed by atoms with Gasteiger partial charge in [-0.15, -0.1) is 0 Å². The molecule has 1 atom stereocenters. The summed E-state index contributed by atoms with van der Waals surface area (Å²) in [7, 11) is 0. The molecule has 0 aromatic carbocycles. The number of anilines is 1. The van der Waals surface area contributed by atoms with E-state index in [1.807, 2.05) is 6.92 Å². The molecule has 3 rings (SSSR count). The normalized spacial score (nSPS) is 23.3. The fourth-order valence-corrected chi connectivity index (χ4v) is 3.35. The zero-order valence-corrected chi connectivity index (χ0v) is 13.2. The number of fused-ring (bicyclic) bond motifs is 1. The maximum Gasteiger partial charge on any atom is 0.225 e. The van der Waals surface area contributed by atoms with Crippen LogP contribution in [-0.4, -0.2) is 53.4 Å². The number of nitrogens with zero attached hydrogens (tertiary/aromatic N) is 4. The van der Waals surface area contributed by atoms with Crippen LogP contribution in [0.25, 0.3) is 0 Å². The molecule has 114 valence electrons. The lowest BCUT2D eigenvalue weighted by Crippen LogP contribution is -2.47. The zero-order chi connectivity index (χ0) is 15.0. The minimum absolute atomic E-state index is 0.212. The molecule has 0 bridgehead atoms. The first-order valence-electron chi connectivity index (χ1n) is 7.96. The number of carbonyl (C=O) groups excluding carboxylic acids is 1. The number of Topliss-reactive ketones (excluding diaryl/α,β-unsaturated/α-hetero) is 1. The van der Waals surface area contributed by atoms with Crippen molar-refractivity contribution in [1.82, 2.24) is 14.9 Å². The van der Waals surface area contributed by atoms with Gasteiger partial charge in [-0.1, -0.05) is 13.8 Å². The highest BCUT2D eigenvalue weighted by molar-refractivity contribution is 5.99. The van der Waals surface area contributed by atoms with Crippen LogP contribution in [-0.2, 0) is 6.42 Å². The first kappa shape index (κ1) is 14.4. The highest BCUT2D eigenvalue weighted by Crippen LogP contribution is 2.27. The van der Waals surface area contributed by atoms with Crippen LogP contribution < -0.4 is 4.90 Å². The van der Waals surface area contributed by atoms with Crippen molar-refractivity contribution < 1.29 is 4.79 Å². The molecule has 21 heavy (non-hydrogen) atoms. The van der Waals surface area contributed by atoms with Crippen molar-refractivity contribution >= 4 is 11.7 Å². The molecule has 1 aromatic rings. The third kappa shape index (κ3) is 2.79. The number of piperazine rings is 1. The summed E-state index contributed by atoms with van der Waals surface area (Å²) in [5, 5.41) is 0. The standard InChI is InChI=1S/C16H24N4O/c1-4-19-5-7-20(8-6-19)16-17-12(3)15-13(18-16)9-11(2)10-14(15)21/h11H,4-10H2,1-3H3/t11-/m1/s1. The predicted octanol–water partition coefficient (Wildman–Crippen LogP) is 1.69. The summed E-state index contributed by atoms with van der Waals surface area (Å²) in [6.07, 6.45) is 1.53. The molecule has 0 amide bonds. The van der Waals surface area contributed by atoms with Crippen molar-refractivity contribution in [1.29, 1.82) is 0 Å². The third-order valence-corrected chi connectivity index (χ3v) is 4.61. The third-order valence-electron chi connectivity index (χ3n) is 4.61. The van der Waals surface area contributed by atoms with Gasteiger partial charge in [0.15, 0.2) is 5.78 Å². The van der Waals surface area contributed by atoms with E-state index in [1.165, 1.54) is 0 Å². The molecule has 1 aromatic heterocycles. The van der Waals surface area contributed by atoms with Gasteiger partial charge >= 0.3 is 0 Å². The second kappa shape index (κ2) is 5.72. The fourth-order valence-electron chi connectivity index (χ4n) is 3.35. The summed E-state index contributed by atoms with van der Waals surface area (Å²) in [6.45, 7) is 11.4. The first-order valence-corrected chi connectivity index (χ1v) is 7.96. The number of rotatable bonds is 2. The van der Waals surface area contributed by atoms with Crippen LogP contribution in [0.2, 0.25) is 0 Å². The van der Waals surface area contributed by atoms with E-state index in [0.717, 1.165) is 62.0 Å². The molecule has 5 nitrogen and oxygen atoms in total. The van der Waals surface area contributed by atoms with Gasteiger partial charge < -0.3 is 9.80 Å². The minimum atomic E-state index is 0.212.